The summed E-state index contributed by atoms with van der Waals surface area (Å²) in [6.45, 7) is 2.16. The number of carbonyl (C=O) groups is 2. The monoisotopic (exact) mass is 443 g/mol. The summed E-state index contributed by atoms with van der Waals surface area (Å²) in [5, 5.41) is 11.1. The van der Waals surface area contributed by atoms with Crippen molar-refractivity contribution in [3.63, 3.8) is 0 Å². The minimum Gasteiger partial charge on any atom is -0.507 e. The van der Waals surface area contributed by atoms with Crippen LogP contribution in [0.25, 0.3) is 5.76 Å². The molecule has 33 heavy (non-hydrogen) atoms. The summed E-state index contributed by atoms with van der Waals surface area (Å²) in [6, 6.07) is 21.0. The van der Waals surface area contributed by atoms with Gasteiger partial charge >= 0.3 is 0 Å². The average molecular weight is 443 g/mol. The Hall–Kier alpha value is -4.06. The van der Waals surface area contributed by atoms with Gasteiger partial charge in [0.2, 0.25) is 0 Å². The fourth-order valence-corrected chi connectivity index (χ4v) is 4.06. The van der Waals surface area contributed by atoms with Crippen molar-refractivity contribution < 1.29 is 24.2 Å². The topological polar surface area (TPSA) is 76.1 Å². The van der Waals surface area contributed by atoms with Gasteiger partial charge in [-0.05, 0) is 54.4 Å². The summed E-state index contributed by atoms with van der Waals surface area (Å²) in [6.07, 6.45) is 0. The van der Waals surface area contributed by atoms with Gasteiger partial charge in [-0.25, -0.2) is 0 Å². The molecule has 6 nitrogen and oxygen atoms in total. The zero-order valence-electron chi connectivity index (χ0n) is 18.7. The molecule has 1 amide bonds. The smallest absolute Gasteiger partial charge is 0.295 e. The van der Waals surface area contributed by atoms with E-state index in [2.05, 4.69) is 0 Å². The number of carbonyl (C=O) groups excluding carboxylic acids is 2. The van der Waals surface area contributed by atoms with Crippen molar-refractivity contribution in [2.45, 2.75) is 19.5 Å². The number of rotatable bonds is 6. The number of ether oxygens (including phenoxy) is 2. The number of hydrogen-bond acceptors (Lipinski definition) is 5. The van der Waals surface area contributed by atoms with Crippen LogP contribution < -0.4 is 9.47 Å². The van der Waals surface area contributed by atoms with E-state index in [1.54, 1.807) is 38.5 Å². The van der Waals surface area contributed by atoms with E-state index in [1.165, 1.54) is 4.90 Å². The highest BCUT2D eigenvalue weighted by Crippen LogP contribution is 2.40. The van der Waals surface area contributed by atoms with Crippen LogP contribution in [-0.4, -0.2) is 35.9 Å². The predicted octanol–water partition coefficient (Wildman–Crippen LogP) is 4.63. The molecule has 1 N–H and O–H groups in total. The number of benzene rings is 3. The third kappa shape index (κ3) is 4.32. The van der Waals surface area contributed by atoms with E-state index in [0.717, 1.165) is 16.7 Å². The van der Waals surface area contributed by atoms with Crippen LogP contribution in [0.1, 0.15) is 28.3 Å². The van der Waals surface area contributed by atoms with Crippen LogP contribution in [-0.2, 0) is 16.1 Å². The van der Waals surface area contributed by atoms with Gasteiger partial charge in [0, 0.05) is 12.1 Å². The molecular formula is C27H25NO5. The van der Waals surface area contributed by atoms with Crippen LogP contribution >= 0.6 is 0 Å². The Morgan fingerprint density at radius 3 is 2.09 bits per heavy atom. The number of ketones is 1. The lowest BCUT2D eigenvalue weighted by molar-refractivity contribution is -0.140. The molecule has 1 saturated heterocycles. The number of aryl methyl sites for hydroxylation is 1. The van der Waals surface area contributed by atoms with Crippen molar-refractivity contribution in [3.8, 4) is 11.5 Å². The van der Waals surface area contributed by atoms with Gasteiger partial charge < -0.3 is 19.5 Å². The second kappa shape index (κ2) is 9.20. The van der Waals surface area contributed by atoms with Gasteiger partial charge in [0.05, 0.1) is 25.8 Å². The highest BCUT2D eigenvalue weighted by Gasteiger charge is 2.46. The van der Waals surface area contributed by atoms with Gasteiger partial charge in [-0.1, -0.05) is 42.0 Å². The first kappa shape index (κ1) is 22.1. The van der Waals surface area contributed by atoms with Crippen molar-refractivity contribution >= 4 is 17.4 Å². The molecule has 3 aromatic rings. The molecule has 168 valence electrons. The fraction of sp³-hybridized carbons (Fsp3) is 0.185. The molecule has 0 saturated carbocycles. The molecular weight excluding hydrogens is 418 g/mol. The molecule has 0 aliphatic carbocycles. The second-order valence-corrected chi connectivity index (χ2v) is 7.92. The summed E-state index contributed by atoms with van der Waals surface area (Å²) in [5.41, 5.74) is 3.12. The van der Waals surface area contributed by atoms with Crippen molar-refractivity contribution in [1.29, 1.82) is 0 Å². The molecule has 0 aromatic heterocycles. The summed E-state index contributed by atoms with van der Waals surface area (Å²) in [4.78, 5) is 27.8. The fourth-order valence-electron chi connectivity index (χ4n) is 4.06. The standard InChI is InChI=1S/C27H25NO5/c1-17-5-4-6-20(15-17)24-23(25(29)19-9-13-22(33-3)14-10-19)26(30)27(31)28(24)16-18-7-11-21(32-2)12-8-18/h4-15,24,29H,16H2,1-3H3/b25-23-. The van der Waals surface area contributed by atoms with E-state index in [4.69, 9.17) is 9.47 Å². The minimum atomic E-state index is -0.714. The third-order valence-electron chi connectivity index (χ3n) is 5.77. The van der Waals surface area contributed by atoms with Crippen LogP contribution in [0.4, 0.5) is 0 Å². The minimum absolute atomic E-state index is 0.0734. The summed E-state index contributed by atoms with van der Waals surface area (Å²) in [7, 11) is 3.14. The van der Waals surface area contributed by atoms with Crippen LogP contribution in [0.3, 0.4) is 0 Å². The predicted molar refractivity (Wildman–Crippen MR) is 125 cm³/mol. The number of aliphatic hydroxyl groups excluding tert-OH is 1. The average Bonchev–Trinajstić information content (AvgIpc) is 3.09. The number of aliphatic hydroxyl groups is 1. The summed E-state index contributed by atoms with van der Waals surface area (Å²) >= 11 is 0. The van der Waals surface area contributed by atoms with Crippen molar-refractivity contribution in [2.75, 3.05) is 14.2 Å². The van der Waals surface area contributed by atoms with Gasteiger partial charge in [-0.2, -0.15) is 0 Å². The Morgan fingerprint density at radius 1 is 0.909 bits per heavy atom. The highest BCUT2D eigenvalue weighted by atomic mass is 16.5. The third-order valence-corrected chi connectivity index (χ3v) is 5.77. The first-order chi connectivity index (χ1) is 15.9. The Morgan fingerprint density at radius 2 is 1.52 bits per heavy atom. The van der Waals surface area contributed by atoms with E-state index < -0.39 is 17.7 Å². The zero-order valence-corrected chi connectivity index (χ0v) is 18.7. The van der Waals surface area contributed by atoms with Crippen molar-refractivity contribution in [3.05, 3.63) is 101 Å². The molecule has 1 fully saturated rings. The normalized spacial score (nSPS) is 17.3. The zero-order chi connectivity index (χ0) is 23.5. The van der Waals surface area contributed by atoms with Gasteiger partial charge in [0.1, 0.15) is 17.3 Å². The van der Waals surface area contributed by atoms with Crippen LogP contribution in [0.5, 0.6) is 11.5 Å². The Bertz CT molecular complexity index is 1210. The largest absolute Gasteiger partial charge is 0.507 e. The number of nitrogens with zero attached hydrogens (tertiary/aromatic N) is 1. The van der Waals surface area contributed by atoms with Crippen LogP contribution in [0.2, 0.25) is 0 Å². The van der Waals surface area contributed by atoms with Gasteiger partial charge in [-0.15, -0.1) is 0 Å². The number of likely N-dealkylation sites (tertiary alicyclic amines) is 1. The molecule has 1 heterocycles. The van der Waals surface area contributed by atoms with E-state index in [9.17, 15) is 14.7 Å². The molecule has 1 unspecified atom stereocenters. The number of hydrogen-bond donors (Lipinski definition) is 1. The first-order valence-corrected chi connectivity index (χ1v) is 10.5. The number of methoxy groups -OCH3 is 2. The summed E-state index contributed by atoms with van der Waals surface area (Å²) in [5.74, 6) is -0.229. The molecule has 0 radical (unpaired) electrons. The lowest BCUT2D eigenvalue weighted by Crippen LogP contribution is -2.29. The van der Waals surface area contributed by atoms with E-state index in [0.29, 0.717) is 17.1 Å². The van der Waals surface area contributed by atoms with Crippen molar-refractivity contribution in [1.82, 2.24) is 4.90 Å². The lowest BCUT2D eigenvalue weighted by Gasteiger charge is -2.26. The molecule has 4 rings (SSSR count). The molecule has 1 atom stereocenters. The summed E-state index contributed by atoms with van der Waals surface area (Å²) < 4.78 is 10.4. The van der Waals surface area contributed by atoms with E-state index >= 15 is 0 Å². The maximum absolute atomic E-state index is 13.2. The van der Waals surface area contributed by atoms with Crippen LogP contribution in [0.15, 0.2) is 78.4 Å². The van der Waals surface area contributed by atoms with Gasteiger partial charge in [0.25, 0.3) is 11.7 Å². The molecule has 0 bridgehead atoms. The van der Waals surface area contributed by atoms with Gasteiger partial charge in [-0.3, -0.25) is 9.59 Å². The van der Waals surface area contributed by atoms with Crippen molar-refractivity contribution in [2.24, 2.45) is 0 Å². The maximum Gasteiger partial charge on any atom is 0.295 e. The Labute approximate surface area is 192 Å². The Kier molecular flexibility index (Phi) is 6.18. The Balaban J connectivity index is 1.82. The molecule has 6 heteroatoms. The van der Waals surface area contributed by atoms with Gasteiger partial charge in [0.15, 0.2) is 0 Å². The lowest BCUT2D eigenvalue weighted by atomic mass is 9.94. The second-order valence-electron chi connectivity index (χ2n) is 7.92. The quantitative estimate of drug-likeness (QED) is 0.341. The number of Topliss-reactive ketones (excluding diaryl/α,β-unsaturated/α-hetero) is 1. The highest BCUT2D eigenvalue weighted by molar-refractivity contribution is 6.46. The van der Waals surface area contributed by atoms with E-state index in [1.807, 2.05) is 55.5 Å². The molecule has 1 aliphatic heterocycles. The first-order valence-electron chi connectivity index (χ1n) is 10.5. The molecule has 1 aliphatic rings. The van der Waals surface area contributed by atoms with E-state index in [-0.39, 0.29) is 17.9 Å². The SMILES string of the molecule is COc1ccc(CN2C(=O)C(=O)/C(=C(\O)c3ccc(OC)cc3)C2c2cccc(C)c2)cc1. The molecule has 3 aromatic carbocycles. The number of amides is 1. The maximum atomic E-state index is 13.2. The van der Waals surface area contributed by atoms with Crippen LogP contribution in [0, 0.1) is 6.92 Å². The molecule has 0 spiro atoms.